The second-order valence-corrected chi connectivity index (χ2v) is 4.47. The van der Waals surface area contributed by atoms with E-state index in [1.165, 1.54) is 0 Å². The van der Waals surface area contributed by atoms with Crippen LogP contribution in [0.15, 0.2) is 21.9 Å². The van der Waals surface area contributed by atoms with Gasteiger partial charge in [-0.2, -0.15) is 0 Å². The molecule has 1 aromatic rings. The molecule has 1 aliphatic rings. The lowest BCUT2D eigenvalue weighted by Crippen LogP contribution is -2.64. The third kappa shape index (κ3) is 1.79. The Morgan fingerprint density at radius 1 is 1.56 bits per heavy atom. The summed E-state index contributed by atoms with van der Waals surface area (Å²) < 4.78 is 0.720. The molecule has 0 amide bonds. The molecular weight excluding hydrogens is 244 g/mol. The molecule has 3 unspecified atom stereocenters. The molecule has 1 fully saturated rings. The smallest absolute Gasteiger partial charge is 0.330 e. The average molecular weight is 258 g/mol. The summed E-state index contributed by atoms with van der Waals surface area (Å²) in [6, 6.07) is 1.02. The van der Waals surface area contributed by atoms with Gasteiger partial charge in [0, 0.05) is 24.8 Å². The molecule has 0 bridgehead atoms. The first-order valence-corrected chi connectivity index (χ1v) is 5.41. The summed E-state index contributed by atoms with van der Waals surface area (Å²) in [5.74, 6) is -0.539. The van der Waals surface area contributed by atoms with Crippen LogP contribution >= 0.6 is 0 Å². The van der Waals surface area contributed by atoms with Crippen molar-refractivity contribution in [3.05, 3.63) is 33.1 Å². The largest absolute Gasteiger partial charge is 0.396 e. The first-order chi connectivity index (χ1) is 8.40. The lowest BCUT2D eigenvalue weighted by molar-refractivity contribution is -0.259. The Morgan fingerprint density at radius 3 is 2.72 bits per heavy atom. The predicted molar refractivity (Wildman–Crippen MR) is 58.7 cm³/mol. The number of rotatable bonds is 3. The zero-order valence-electron chi connectivity index (χ0n) is 9.35. The number of aromatic nitrogens is 2. The normalized spacial score (nSPS) is 32.9. The summed E-state index contributed by atoms with van der Waals surface area (Å²) in [7, 11) is 0. The highest BCUT2D eigenvalue weighted by atomic mass is 16.4. The second-order valence-electron chi connectivity index (χ2n) is 4.47. The maximum atomic E-state index is 11.4. The summed E-state index contributed by atoms with van der Waals surface area (Å²) >= 11 is 0. The Hall–Kier alpha value is -1.48. The highest BCUT2D eigenvalue weighted by Crippen LogP contribution is 2.43. The number of aliphatic hydroxyl groups excluding tert-OH is 3. The molecule has 1 heterocycles. The van der Waals surface area contributed by atoms with Gasteiger partial charge in [-0.15, -0.1) is 0 Å². The average Bonchev–Trinajstić information content (AvgIpc) is 2.34. The Labute approximate surface area is 101 Å². The summed E-state index contributed by atoms with van der Waals surface area (Å²) in [6.45, 7) is -0.323. The zero-order chi connectivity index (χ0) is 13.5. The number of nitrogens with one attached hydrogen (secondary N) is 1. The van der Waals surface area contributed by atoms with E-state index in [-0.39, 0.29) is 13.0 Å². The van der Waals surface area contributed by atoms with Crippen LogP contribution in [0.4, 0.5) is 0 Å². The van der Waals surface area contributed by atoms with Gasteiger partial charge in [0.15, 0.2) is 6.23 Å². The molecule has 4 atom stereocenters. The first-order valence-electron chi connectivity index (χ1n) is 5.41. The highest BCUT2D eigenvalue weighted by molar-refractivity contribution is 5.06. The lowest BCUT2D eigenvalue weighted by Gasteiger charge is -2.50. The van der Waals surface area contributed by atoms with Crippen molar-refractivity contribution in [2.24, 2.45) is 5.92 Å². The van der Waals surface area contributed by atoms with Crippen molar-refractivity contribution in [1.29, 1.82) is 0 Å². The molecule has 100 valence electrons. The summed E-state index contributed by atoms with van der Waals surface area (Å²) in [6.07, 6.45) is -2.05. The fourth-order valence-electron chi connectivity index (χ4n) is 2.18. The number of nitrogens with zero attached hydrogens (tertiary/aromatic N) is 1. The maximum Gasteiger partial charge on any atom is 0.330 e. The van der Waals surface area contributed by atoms with Crippen LogP contribution in [0.3, 0.4) is 0 Å². The molecular formula is C10H14N2O6. The topological polar surface area (TPSA) is 136 Å². The van der Waals surface area contributed by atoms with Gasteiger partial charge in [-0.05, 0) is 6.42 Å². The predicted octanol–water partition coefficient (Wildman–Crippen LogP) is -2.87. The van der Waals surface area contributed by atoms with Crippen molar-refractivity contribution < 1.29 is 20.4 Å². The van der Waals surface area contributed by atoms with Gasteiger partial charge >= 0.3 is 5.69 Å². The van der Waals surface area contributed by atoms with Crippen LogP contribution in [-0.2, 0) is 0 Å². The number of aromatic amines is 1. The molecule has 1 saturated carbocycles. The van der Waals surface area contributed by atoms with Gasteiger partial charge in [-0.25, -0.2) is 4.79 Å². The van der Waals surface area contributed by atoms with Crippen LogP contribution in [0, 0.1) is 5.92 Å². The van der Waals surface area contributed by atoms with Crippen LogP contribution in [-0.4, -0.2) is 48.3 Å². The minimum Gasteiger partial charge on any atom is -0.396 e. The molecule has 18 heavy (non-hydrogen) atoms. The maximum absolute atomic E-state index is 11.4. The van der Waals surface area contributed by atoms with E-state index in [0.717, 1.165) is 16.8 Å². The number of hydrogen-bond acceptors (Lipinski definition) is 6. The van der Waals surface area contributed by atoms with E-state index in [2.05, 4.69) is 0 Å². The molecule has 0 aromatic carbocycles. The fraction of sp³-hybridized carbons (Fsp3) is 0.600. The van der Waals surface area contributed by atoms with E-state index in [4.69, 9.17) is 5.11 Å². The van der Waals surface area contributed by atoms with Crippen LogP contribution in [0.1, 0.15) is 12.6 Å². The van der Waals surface area contributed by atoms with Crippen molar-refractivity contribution in [3.8, 4) is 0 Å². The molecule has 0 spiro atoms. The van der Waals surface area contributed by atoms with Gasteiger partial charge in [0.25, 0.3) is 5.56 Å². The molecule has 0 radical (unpaired) electrons. The standard InChI is InChI=1S/C10H14N2O6/c13-4-5-3-10(18,7(5)15)8(16)12-2-1-6(14)11-9(12)17/h1-2,5,7-8,13,15-16,18H,3-4H2,(H,11,14,17)/t5?,7?,8?,10-/m0/s1. The fourth-order valence-corrected chi connectivity index (χ4v) is 2.18. The summed E-state index contributed by atoms with van der Waals surface area (Å²) in [5, 5.41) is 38.4. The Morgan fingerprint density at radius 2 is 2.22 bits per heavy atom. The van der Waals surface area contributed by atoms with Crippen molar-refractivity contribution in [1.82, 2.24) is 9.55 Å². The first kappa shape index (κ1) is 13.0. The third-order valence-corrected chi connectivity index (χ3v) is 3.34. The van der Waals surface area contributed by atoms with Crippen molar-refractivity contribution in [3.63, 3.8) is 0 Å². The molecule has 5 N–H and O–H groups in total. The number of hydrogen-bond donors (Lipinski definition) is 5. The van der Waals surface area contributed by atoms with Crippen molar-refractivity contribution in [2.75, 3.05) is 6.61 Å². The zero-order valence-corrected chi connectivity index (χ0v) is 9.35. The minimum absolute atomic E-state index is 0.0442. The van der Waals surface area contributed by atoms with Crippen LogP contribution in [0.2, 0.25) is 0 Å². The van der Waals surface area contributed by atoms with Gasteiger partial charge in [-0.3, -0.25) is 14.3 Å². The van der Waals surface area contributed by atoms with Gasteiger partial charge in [-0.1, -0.05) is 0 Å². The Bertz CT molecular complexity index is 552. The van der Waals surface area contributed by atoms with Crippen molar-refractivity contribution in [2.45, 2.75) is 24.4 Å². The molecule has 8 nitrogen and oxygen atoms in total. The van der Waals surface area contributed by atoms with Gasteiger partial charge in [0.2, 0.25) is 0 Å². The minimum atomic E-state index is -1.91. The SMILES string of the molecule is O=c1ccn(C(O)[C@]2(O)CC(CO)C2O)c(=O)[nH]1. The molecule has 0 saturated heterocycles. The Balaban J connectivity index is 2.30. The van der Waals surface area contributed by atoms with E-state index >= 15 is 0 Å². The monoisotopic (exact) mass is 258 g/mol. The van der Waals surface area contributed by atoms with E-state index in [1.807, 2.05) is 4.98 Å². The van der Waals surface area contributed by atoms with Crippen LogP contribution in [0.25, 0.3) is 0 Å². The van der Waals surface area contributed by atoms with E-state index in [0.29, 0.717) is 0 Å². The van der Waals surface area contributed by atoms with Crippen molar-refractivity contribution >= 4 is 0 Å². The summed E-state index contributed by atoms with van der Waals surface area (Å²) in [5.41, 5.74) is -3.42. The molecule has 1 aromatic heterocycles. The highest BCUT2D eigenvalue weighted by Gasteiger charge is 2.57. The van der Waals surface area contributed by atoms with Crippen LogP contribution in [0.5, 0.6) is 0 Å². The van der Waals surface area contributed by atoms with E-state index in [9.17, 15) is 24.9 Å². The number of aliphatic hydroxyl groups is 4. The molecule has 8 heteroatoms. The number of H-pyrrole nitrogens is 1. The van der Waals surface area contributed by atoms with Gasteiger partial charge < -0.3 is 20.4 Å². The molecule has 2 rings (SSSR count). The molecule has 0 aliphatic heterocycles. The van der Waals surface area contributed by atoms with E-state index in [1.54, 1.807) is 0 Å². The van der Waals surface area contributed by atoms with E-state index < -0.39 is 35.1 Å². The quantitative estimate of drug-likeness (QED) is 0.395. The van der Waals surface area contributed by atoms with Crippen LogP contribution < -0.4 is 11.2 Å². The lowest BCUT2D eigenvalue weighted by atomic mass is 9.67. The van der Waals surface area contributed by atoms with Gasteiger partial charge in [0.1, 0.15) is 5.60 Å². The molecule has 1 aliphatic carbocycles. The second kappa shape index (κ2) is 4.32. The van der Waals surface area contributed by atoms with Gasteiger partial charge in [0.05, 0.1) is 6.10 Å². The Kier molecular flexibility index (Phi) is 3.11. The summed E-state index contributed by atoms with van der Waals surface area (Å²) in [4.78, 5) is 24.2. The third-order valence-electron chi connectivity index (χ3n) is 3.34.